The summed E-state index contributed by atoms with van der Waals surface area (Å²) in [7, 11) is 1.60. The molecule has 0 saturated carbocycles. The summed E-state index contributed by atoms with van der Waals surface area (Å²) in [6.07, 6.45) is 1.11. The highest BCUT2D eigenvalue weighted by atomic mass is 16.5. The first kappa shape index (κ1) is 18.0. The van der Waals surface area contributed by atoms with Crippen LogP contribution in [0.4, 0.5) is 5.69 Å². The van der Waals surface area contributed by atoms with Crippen molar-refractivity contribution < 1.29 is 14.3 Å². The van der Waals surface area contributed by atoms with Gasteiger partial charge in [0.05, 0.1) is 7.11 Å². The van der Waals surface area contributed by atoms with Crippen molar-refractivity contribution in [1.82, 2.24) is 4.90 Å². The third-order valence-electron chi connectivity index (χ3n) is 4.81. The lowest BCUT2D eigenvalue weighted by Crippen LogP contribution is -2.57. The number of benzene rings is 2. The van der Waals surface area contributed by atoms with Crippen molar-refractivity contribution in [2.24, 2.45) is 0 Å². The van der Waals surface area contributed by atoms with E-state index in [1.54, 1.807) is 23.8 Å². The van der Waals surface area contributed by atoms with Crippen molar-refractivity contribution in [3.8, 4) is 5.75 Å². The number of rotatable bonds is 5. The first-order valence-electron chi connectivity index (χ1n) is 8.89. The zero-order valence-electron chi connectivity index (χ0n) is 15.2. The molecule has 2 aromatic carbocycles. The number of hydrogen-bond donors (Lipinski definition) is 0. The number of aryl methyl sites for hydroxylation is 1. The monoisotopic (exact) mass is 352 g/mol. The normalized spacial score (nSPS) is 17.3. The van der Waals surface area contributed by atoms with Crippen molar-refractivity contribution in [2.75, 3.05) is 25.1 Å². The number of amides is 2. The SMILES string of the molecule is COc1cccc(N2CCN(C(=O)CCc3ccccc3)[C@H](C)C2=O)c1. The van der Waals surface area contributed by atoms with E-state index in [9.17, 15) is 9.59 Å². The van der Waals surface area contributed by atoms with Gasteiger partial charge in [0.2, 0.25) is 11.8 Å². The predicted molar refractivity (Wildman–Crippen MR) is 101 cm³/mol. The van der Waals surface area contributed by atoms with E-state index < -0.39 is 6.04 Å². The molecule has 1 fully saturated rings. The summed E-state index contributed by atoms with van der Waals surface area (Å²) in [6.45, 7) is 2.83. The molecule has 3 rings (SSSR count). The van der Waals surface area contributed by atoms with Crippen LogP contribution in [0.25, 0.3) is 0 Å². The Balaban J connectivity index is 1.64. The summed E-state index contributed by atoms with van der Waals surface area (Å²) in [5.74, 6) is 0.682. The molecular weight excluding hydrogens is 328 g/mol. The molecule has 26 heavy (non-hydrogen) atoms. The molecule has 1 atom stereocenters. The van der Waals surface area contributed by atoms with Crippen LogP contribution in [0, 0.1) is 0 Å². The van der Waals surface area contributed by atoms with Crippen molar-refractivity contribution in [3.05, 3.63) is 60.2 Å². The van der Waals surface area contributed by atoms with E-state index in [-0.39, 0.29) is 11.8 Å². The van der Waals surface area contributed by atoms with Gasteiger partial charge in [0.25, 0.3) is 0 Å². The van der Waals surface area contributed by atoms with Gasteiger partial charge in [-0.2, -0.15) is 0 Å². The maximum Gasteiger partial charge on any atom is 0.249 e. The van der Waals surface area contributed by atoms with E-state index in [0.29, 0.717) is 31.7 Å². The summed E-state index contributed by atoms with van der Waals surface area (Å²) in [5, 5.41) is 0. The van der Waals surface area contributed by atoms with Gasteiger partial charge >= 0.3 is 0 Å². The molecule has 5 heteroatoms. The van der Waals surface area contributed by atoms with E-state index >= 15 is 0 Å². The Kier molecular flexibility index (Phi) is 5.56. The van der Waals surface area contributed by atoms with E-state index in [0.717, 1.165) is 11.3 Å². The minimum atomic E-state index is -0.460. The van der Waals surface area contributed by atoms with Crippen LogP contribution in [-0.4, -0.2) is 43.0 Å². The number of ether oxygens (including phenoxy) is 1. The van der Waals surface area contributed by atoms with E-state index in [1.165, 1.54) is 0 Å². The number of carbonyl (C=O) groups excluding carboxylic acids is 2. The van der Waals surface area contributed by atoms with Crippen LogP contribution >= 0.6 is 0 Å². The van der Waals surface area contributed by atoms with Gasteiger partial charge in [-0.25, -0.2) is 0 Å². The topological polar surface area (TPSA) is 49.9 Å². The molecule has 0 aliphatic carbocycles. The second kappa shape index (κ2) is 8.04. The van der Waals surface area contributed by atoms with Crippen LogP contribution in [0.5, 0.6) is 5.75 Å². The van der Waals surface area contributed by atoms with Gasteiger partial charge in [-0.1, -0.05) is 36.4 Å². The lowest BCUT2D eigenvalue weighted by molar-refractivity contribution is -0.140. The van der Waals surface area contributed by atoms with Crippen LogP contribution in [0.15, 0.2) is 54.6 Å². The molecule has 5 nitrogen and oxygen atoms in total. The van der Waals surface area contributed by atoms with Gasteiger partial charge in [0.15, 0.2) is 0 Å². The number of anilines is 1. The lowest BCUT2D eigenvalue weighted by Gasteiger charge is -2.39. The molecule has 1 saturated heterocycles. The Morgan fingerprint density at radius 1 is 1.12 bits per heavy atom. The zero-order valence-corrected chi connectivity index (χ0v) is 15.2. The van der Waals surface area contributed by atoms with Crippen molar-refractivity contribution in [1.29, 1.82) is 0 Å². The molecule has 0 aromatic heterocycles. The number of nitrogens with zero attached hydrogens (tertiary/aromatic N) is 2. The highest BCUT2D eigenvalue weighted by Gasteiger charge is 2.34. The van der Waals surface area contributed by atoms with Gasteiger partial charge in [-0.3, -0.25) is 9.59 Å². The molecule has 136 valence electrons. The van der Waals surface area contributed by atoms with Crippen LogP contribution in [0.2, 0.25) is 0 Å². The summed E-state index contributed by atoms with van der Waals surface area (Å²) >= 11 is 0. The quantitative estimate of drug-likeness (QED) is 0.831. The fourth-order valence-corrected chi connectivity index (χ4v) is 3.29. The number of piperazine rings is 1. The molecule has 0 N–H and O–H groups in total. The molecule has 2 amide bonds. The fraction of sp³-hybridized carbons (Fsp3) is 0.333. The minimum Gasteiger partial charge on any atom is -0.497 e. The molecule has 0 spiro atoms. The summed E-state index contributed by atoms with van der Waals surface area (Å²) in [6, 6.07) is 16.9. The summed E-state index contributed by atoms with van der Waals surface area (Å²) < 4.78 is 5.24. The molecule has 0 radical (unpaired) electrons. The Hall–Kier alpha value is -2.82. The number of methoxy groups -OCH3 is 1. The Morgan fingerprint density at radius 2 is 1.88 bits per heavy atom. The molecule has 0 bridgehead atoms. The Labute approximate surface area is 154 Å². The summed E-state index contributed by atoms with van der Waals surface area (Å²) in [5.41, 5.74) is 1.94. The van der Waals surface area contributed by atoms with Gasteiger partial charge in [0, 0.05) is 31.3 Å². The maximum atomic E-state index is 12.8. The molecule has 1 aliphatic rings. The predicted octanol–water partition coefficient (Wildman–Crippen LogP) is 2.89. The molecular formula is C21H24N2O3. The number of carbonyl (C=O) groups is 2. The van der Waals surface area contributed by atoms with Crippen LogP contribution < -0.4 is 9.64 Å². The smallest absolute Gasteiger partial charge is 0.249 e. The second-order valence-corrected chi connectivity index (χ2v) is 6.44. The fourth-order valence-electron chi connectivity index (χ4n) is 3.29. The van der Waals surface area contributed by atoms with E-state index in [1.807, 2.05) is 54.6 Å². The van der Waals surface area contributed by atoms with E-state index in [2.05, 4.69) is 0 Å². The largest absolute Gasteiger partial charge is 0.497 e. The van der Waals surface area contributed by atoms with Crippen molar-refractivity contribution in [2.45, 2.75) is 25.8 Å². The summed E-state index contributed by atoms with van der Waals surface area (Å²) in [4.78, 5) is 28.8. The first-order valence-corrected chi connectivity index (χ1v) is 8.89. The molecule has 0 unspecified atom stereocenters. The highest BCUT2D eigenvalue weighted by Crippen LogP contribution is 2.25. The van der Waals surface area contributed by atoms with Crippen molar-refractivity contribution >= 4 is 17.5 Å². The van der Waals surface area contributed by atoms with Crippen LogP contribution in [0.3, 0.4) is 0 Å². The van der Waals surface area contributed by atoms with Crippen molar-refractivity contribution in [3.63, 3.8) is 0 Å². The Bertz CT molecular complexity index is 776. The Morgan fingerprint density at radius 3 is 2.62 bits per heavy atom. The average Bonchev–Trinajstić information content (AvgIpc) is 2.69. The van der Waals surface area contributed by atoms with Gasteiger partial charge in [-0.15, -0.1) is 0 Å². The highest BCUT2D eigenvalue weighted by molar-refractivity contribution is 6.00. The molecule has 2 aromatic rings. The third-order valence-corrected chi connectivity index (χ3v) is 4.81. The molecule has 1 aliphatic heterocycles. The van der Waals surface area contributed by atoms with Gasteiger partial charge in [0.1, 0.15) is 11.8 Å². The second-order valence-electron chi connectivity index (χ2n) is 6.44. The molecule has 1 heterocycles. The van der Waals surface area contributed by atoms with Gasteiger partial charge in [-0.05, 0) is 31.0 Å². The standard InChI is InChI=1S/C21H24N2O3/c1-16-21(25)23(18-9-6-10-19(15-18)26-2)14-13-22(16)20(24)12-11-17-7-4-3-5-8-17/h3-10,15-16H,11-14H2,1-2H3/t16-/m1/s1. The first-order chi connectivity index (χ1) is 12.6. The minimum absolute atomic E-state index is 0.0278. The van der Waals surface area contributed by atoms with Crippen LogP contribution in [-0.2, 0) is 16.0 Å². The van der Waals surface area contributed by atoms with Crippen LogP contribution in [0.1, 0.15) is 18.9 Å². The third kappa shape index (κ3) is 3.87. The number of hydrogen-bond acceptors (Lipinski definition) is 3. The maximum absolute atomic E-state index is 12.8. The zero-order chi connectivity index (χ0) is 18.5. The average molecular weight is 352 g/mol. The lowest BCUT2D eigenvalue weighted by atomic mass is 10.1. The van der Waals surface area contributed by atoms with Gasteiger partial charge < -0.3 is 14.5 Å². The van der Waals surface area contributed by atoms with E-state index in [4.69, 9.17) is 4.74 Å².